The number of halogens is 3. The fourth-order valence-corrected chi connectivity index (χ4v) is 4.35. The van der Waals surface area contributed by atoms with Crippen LogP contribution in [0.25, 0.3) is 10.9 Å². The van der Waals surface area contributed by atoms with Crippen LogP contribution in [0.4, 0.5) is 13.2 Å². The SMILES string of the molecule is Cc1oncc1C(=O)N1CCc2c([nH]c3ccccc23)C1c1cccc(C(F)(F)F)c1. The fraction of sp³-hybridized carbons (Fsp3) is 0.217. The molecule has 1 N–H and O–H groups in total. The van der Waals surface area contributed by atoms with Crippen LogP contribution in [0.3, 0.4) is 0 Å². The van der Waals surface area contributed by atoms with Crippen molar-refractivity contribution in [1.82, 2.24) is 15.0 Å². The maximum absolute atomic E-state index is 13.4. The third-order valence-corrected chi connectivity index (χ3v) is 5.81. The number of alkyl halides is 3. The molecule has 1 unspecified atom stereocenters. The van der Waals surface area contributed by atoms with Gasteiger partial charge in [0, 0.05) is 23.1 Å². The lowest BCUT2D eigenvalue weighted by Gasteiger charge is -2.36. The van der Waals surface area contributed by atoms with E-state index in [4.69, 9.17) is 4.52 Å². The van der Waals surface area contributed by atoms with E-state index in [0.29, 0.717) is 29.9 Å². The summed E-state index contributed by atoms with van der Waals surface area (Å²) in [5.74, 6) is 0.0423. The van der Waals surface area contributed by atoms with Crippen molar-refractivity contribution < 1.29 is 22.5 Å². The maximum Gasteiger partial charge on any atom is 0.416 e. The van der Waals surface area contributed by atoms with E-state index >= 15 is 0 Å². The van der Waals surface area contributed by atoms with E-state index in [1.165, 1.54) is 12.3 Å². The zero-order chi connectivity index (χ0) is 21.8. The van der Waals surface area contributed by atoms with Crippen molar-refractivity contribution in [2.24, 2.45) is 0 Å². The van der Waals surface area contributed by atoms with Crippen LogP contribution in [-0.2, 0) is 12.6 Å². The zero-order valence-electron chi connectivity index (χ0n) is 16.5. The van der Waals surface area contributed by atoms with Gasteiger partial charge in [-0.15, -0.1) is 0 Å². The second kappa shape index (κ2) is 7.01. The zero-order valence-corrected chi connectivity index (χ0v) is 16.5. The number of aromatic amines is 1. The first-order chi connectivity index (χ1) is 14.8. The van der Waals surface area contributed by atoms with E-state index < -0.39 is 17.8 Å². The lowest BCUT2D eigenvalue weighted by molar-refractivity contribution is -0.137. The number of benzene rings is 2. The van der Waals surface area contributed by atoms with Crippen LogP contribution in [-0.4, -0.2) is 27.5 Å². The summed E-state index contributed by atoms with van der Waals surface area (Å²) in [5.41, 5.74) is 2.58. The molecule has 158 valence electrons. The van der Waals surface area contributed by atoms with Gasteiger partial charge in [-0.05, 0) is 42.7 Å². The second-order valence-electron chi connectivity index (χ2n) is 7.63. The molecule has 1 amide bonds. The van der Waals surface area contributed by atoms with Gasteiger partial charge in [0.05, 0.1) is 17.8 Å². The minimum Gasteiger partial charge on any atom is -0.361 e. The number of amides is 1. The Morgan fingerprint density at radius 2 is 2.00 bits per heavy atom. The van der Waals surface area contributed by atoms with Gasteiger partial charge in [0.15, 0.2) is 0 Å². The summed E-state index contributed by atoms with van der Waals surface area (Å²) in [7, 11) is 0. The Morgan fingerprint density at radius 1 is 1.19 bits per heavy atom. The molecule has 0 saturated heterocycles. The maximum atomic E-state index is 13.4. The van der Waals surface area contributed by atoms with Crippen molar-refractivity contribution in [1.29, 1.82) is 0 Å². The summed E-state index contributed by atoms with van der Waals surface area (Å²) in [4.78, 5) is 18.3. The molecule has 0 spiro atoms. The van der Waals surface area contributed by atoms with Crippen molar-refractivity contribution in [3.05, 3.63) is 88.4 Å². The number of nitrogens with one attached hydrogen (secondary N) is 1. The van der Waals surface area contributed by atoms with Gasteiger partial charge >= 0.3 is 6.18 Å². The first kappa shape index (κ1) is 19.4. The lowest BCUT2D eigenvalue weighted by Crippen LogP contribution is -2.40. The van der Waals surface area contributed by atoms with Gasteiger partial charge in [-0.2, -0.15) is 13.2 Å². The van der Waals surface area contributed by atoms with Crippen LogP contribution in [0.1, 0.15) is 44.5 Å². The number of para-hydroxylation sites is 1. The average molecular weight is 425 g/mol. The van der Waals surface area contributed by atoms with Gasteiger partial charge in [0.25, 0.3) is 5.91 Å². The van der Waals surface area contributed by atoms with E-state index in [2.05, 4.69) is 10.1 Å². The minimum absolute atomic E-state index is 0.302. The van der Waals surface area contributed by atoms with E-state index in [9.17, 15) is 18.0 Å². The highest BCUT2D eigenvalue weighted by atomic mass is 19.4. The second-order valence-corrected chi connectivity index (χ2v) is 7.63. The molecular formula is C23H18F3N3O2. The quantitative estimate of drug-likeness (QED) is 0.476. The molecule has 0 aliphatic carbocycles. The Hall–Kier alpha value is -3.55. The molecule has 5 rings (SSSR count). The Balaban J connectivity index is 1.69. The number of nitrogens with zero attached hydrogens (tertiary/aromatic N) is 2. The Bertz CT molecular complexity index is 1290. The molecule has 3 heterocycles. The molecule has 0 fully saturated rings. The van der Waals surface area contributed by atoms with Crippen molar-refractivity contribution in [3.8, 4) is 0 Å². The van der Waals surface area contributed by atoms with E-state index in [0.717, 1.165) is 34.3 Å². The van der Waals surface area contributed by atoms with Crippen LogP contribution in [0.2, 0.25) is 0 Å². The van der Waals surface area contributed by atoms with Gasteiger partial charge < -0.3 is 14.4 Å². The standard InChI is InChI=1S/C23H18F3N3O2/c1-13-18(12-27-31-13)22(30)29-10-9-17-16-7-2-3-8-19(16)28-20(17)21(29)14-5-4-6-15(11-14)23(24,25)26/h2-8,11-12,21,28H,9-10H2,1H3. The number of H-pyrrole nitrogens is 1. The molecule has 0 radical (unpaired) electrons. The smallest absolute Gasteiger partial charge is 0.361 e. The number of fused-ring (bicyclic) bond motifs is 3. The van der Waals surface area contributed by atoms with E-state index in [-0.39, 0.29) is 5.91 Å². The normalized spacial score (nSPS) is 16.5. The average Bonchev–Trinajstić information content (AvgIpc) is 3.35. The molecule has 1 aliphatic rings. The fourth-order valence-electron chi connectivity index (χ4n) is 4.35. The predicted molar refractivity (Wildman–Crippen MR) is 108 cm³/mol. The number of carbonyl (C=O) groups excluding carboxylic acids is 1. The van der Waals surface area contributed by atoms with Gasteiger partial charge in [-0.1, -0.05) is 35.5 Å². The highest BCUT2D eigenvalue weighted by molar-refractivity contribution is 5.96. The molecule has 0 saturated carbocycles. The molecule has 5 nitrogen and oxygen atoms in total. The Morgan fingerprint density at radius 3 is 2.74 bits per heavy atom. The number of rotatable bonds is 2. The summed E-state index contributed by atoms with van der Waals surface area (Å²) in [6.07, 6.45) is -2.54. The minimum atomic E-state index is -4.48. The third kappa shape index (κ3) is 3.19. The van der Waals surface area contributed by atoms with Crippen molar-refractivity contribution in [2.45, 2.75) is 25.6 Å². The van der Waals surface area contributed by atoms with E-state index in [1.807, 2.05) is 24.3 Å². The molecule has 2 aromatic carbocycles. The molecule has 31 heavy (non-hydrogen) atoms. The number of hydrogen-bond acceptors (Lipinski definition) is 3. The van der Waals surface area contributed by atoms with Crippen LogP contribution >= 0.6 is 0 Å². The highest BCUT2D eigenvalue weighted by Crippen LogP contribution is 2.40. The number of aryl methyl sites for hydroxylation is 1. The molecule has 4 aromatic rings. The molecule has 1 aliphatic heterocycles. The predicted octanol–water partition coefficient (Wildman–Crippen LogP) is 5.27. The van der Waals surface area contributed by atoms with Crippen LogP contribution < -0.4 is 0 Å². The number of carbonyl (C=O) groups is 1. The third-order valence-electron chi connectivity index (χ3n) is 5.81. The topological polar surface area (TPSA) is 62.1 Å². The first-order valence-corrected chi connectivity index (χ1v) is 9.83. The van der Waals surface area contributed by atoms with Gasteiger partial charge in [-0.3, -0.25) is 4.79 Å². The molecule has 0 bridgehead atoms. The van der Waals surface area contributed by atoms with Crippen molar-refractivity contribution in [3.63, 3.8) is 0 Å². The molecule has 8 heteroatoms. The van der Waals surface area contributed by atoms with E-state index in [1.54, 1.807) is 17.9 Å². The number of aromatic nitrogens is 2. The summed E-state index contributed by atoms with van der Waals surface area (Å²) in [6, 6.07) is 12.2. The van der Waals surface area contributed by atoms with Crippen LogP contribution in [0.15, 0.2) is 59.3 Å². The first-order valence-electron chi connectivity index (χ1n) is 9.83. The largest absolute Gasteiger partial charge is 0.416 e. The van der Waals surface area contributed by atoms with Gasteiger partial charge in [-0.25, -0.2) is 0 Å². The monoisotopic (exact) mass is 425 g/mol. The Labute approximate surface area is 175 Å². The van der Waals surface area contributed by atoms with Gasteiger partial charge in [0.2, 0.25) is 0 Å². The molecular weight excluding hydrogens is 407 g/mol. The summed E-state index contributed by atoms with van der Waals surface area (Å²) >= 11 is 0. The highest BCUT2D eigenvalue weighted by Gasteiger charge is 2.37. The summed E-state index contributed by atoms with van der Waals surface area (Å²) in [5, 5.41) is 4.70. The van der Waals surface area contributed by atoms with Gasteiger partial charge in [0.1, 0.15) is 11.3 Å². The van der Waals surface area contributed by atoms with Crippen molar-refractivity contribution >= 4 is 16.8 Å². The summed E-state index contributed by atoms with van der Waals surface area (Å²) < 4.78 is 45.3. The lowest BCUT2D eigenvalue weighted by atomic mass is 9.91. The Kier molecular flexibility index (Phi) is 4.39. The van der Waals surface area contributed by atoms with Crippen LogP contribution in [0.5, 0.6) is 0 Å². The summed E-state index contributed by atoms with van der Waals surface area (Å²) in [6.45, 7) is 2.00. The van der Waals surface area contributed by atoms with Crippen molar-refractivity contribution in [2.75, 3.05) is 6.54 Å². The molecule has 1 atom stereocenters. The number of hydrogen-bond donors (Lipinski definition) is 1. The molecule has 2 aromatic heterocycles. The van der Waals surface area contributed by atoms with Crippen LogP contribution in [0, 0.1) is 6.92 Å².